The largest absolute Gasteiger partial charge is 0.308 e. The number of hydrogen-bond acceptors (Lipinski definition) is 1. The molecule has 3 aromatic carbocycles. The molecule has 2 nitrogen and oxygen atoms in total. The Balaban J connectivity index is 1.92. The van der Waals surface area contributed by atoms with Crippen molar-refractivity contribution in [1.82, 2.24) is 9.38 Å². The Hall–Kier alpha value is -3.39. The van der Waals surface area contributed by atoms with Gasteiger partial charge in [0.05, 0.1) is 22.1 Å². The third-order valence-corrected chi connectivity index (χ3v) is 6.09. The maximum Gasteiger partial charge on any atom is 0.0819 e. The van der Waals surface area contributed by atoms with Gasteiger partial charge in [0.1, 0.15) is 0 Å². The summed E-state index contributed by atoms with van der Waals surface area (Å²) in [7, 11) is 0. The lowest BCUT2D eigenvalue weighted by Gasteiger charge is -2.20. The summed E-state index contributed by atoms with van der Waals surface area (Å²) in [5.74, 6) is 0. The molecule has 6 rings (SSSR count). The van der Waals surface area contributed by atoms with Crippen LogP contribution in [0.2, 0.25) is 0 Å². The van der Waals surface area contributed by atoms with Gasteiger partial charge in [-0.25, -0.2) is 0 Å². The van der Waals surface area contributed by atoms with E-state index in [1.165, 1.54) is 49.0 Å². The standard InChI is InChI=1S/C28H24N2/c1-28(2,3)17-21-12-13-29-27-22-14-18-8-4-5-9-19(18)15-24(22)30-23-11-7-6-10-20(23)16-25(30)26(21)27/h4-16H,17H2,1-3H3. The van der Waals surface area contributed by atoms with Gasteiger partial charge in [0.15, 0.2) is 0 Å². The van der Waals surface area contributed by atoms with E-state index in [-0.39, 0.29) is 5.41 Å². The molecule has 0 saturated carbocycles. The van der Waals surface area contributed by atoms with Gasteiger partial charge in [-0.3, -0.25) is 4.98 Å². The van der Waals surface area contributed by atoms with Crippen LogP contribution < -0.4 is 0 Å². The van der Waals surface area contributed by atoms with E-state index in [0.717, 1.165) is 11.9 Å². The number of rotatable bonds is 1. The molecule has 0 aliphatic carbocycles. The minimum Gasteiger partial charge on any atom is -0.308 e. The van der Waals surface area contributed by atoms with Gasteiger partial charge in [-0.05, 0) is 58.5 Å². The van der Waals surface area contributed by atoms with Crippen LogP contribution >= 0.6 is 0 Å². The van der Waals surface area contributed by atoms with Gasteiger partial charge in [0.2, 0.25) is 0 Å². The van der Waals surface area contributed by atoms with Crippen LogP contribution in [0.1, 0.15) is 26.3 Å². The number of nitrogens with zero attached hydrogens (tertiary/aromatic N) is 2. The van der Waals surface area contributed by atoms with Gasteiger partial charge in [-0.1, -0.05) is 63.2 Å². The molecule has 0 atom stereocenters. The van der Waals surface area contributed by atoms with Crippen molar-refractivity contribution >= 4 is 49.0 Å². The van der Waals surface area contributed by atoms with Gasteiger partial charge in [0, 0.05) is 22.4 Å². The minimum atomic E-state index is 0.204. The zero-order chi connectivity index (χ0) is 20.5. The smallest absolute Gasteiger partial charge is 0.0819 e. The van der Waals surface area contributed by atoms with Crippen LogP contribution in [0.5, 0.6) is 0 Å². The maximum atomic E-state index is 4.91. The normalized spacial score (nSPS) is 12.6. The molecule has 0 amide bonds. The van der Waals surface area contributed by atoms with Crippen LogP contribution in [0.25, 0.3) is 49.0 Å². The molecule has 0 bridgehead atoms. The Morgan fingerprint density at radius 1 is 0.733 bits per heavy atom. The van der Waals surface area contributed by atoms with Gasteiger partial charge >= 0.3 is 0 Å². The monoisotopic (exact) mass is 388 g/mol. The zero-order valence-electron chi connectivity index (χ0n) is 17.6. The molecule has 0 fully saturated rings. The predicted molar refractivity (Wildman–Crippen MR) is 128 cm³/mol. The predicted octanol–water partition coefficient (Wildman–Crippen LogP) is 7.54. The SMILES string of the molecule is CC(C)(C)Cc1ccnc2c3cc4ccccc4cc3n3c4ccccc4cc3c12. The molecule has 146 valence electrons. The van der Waals surface area contributed by atoms with E-state index in [1.807, 2.05) is 6.20 Å². The molecule has 0 unspecified atom stereocenters. The molecule has 30 heavy (non-hydrogen) atoms. The second kappa shape index (κ2) is 6.06. The third kappa shape index (κ3) is 2.53. The van der Waals surface area contributed by atoms with Crippen LogP contribution in [0.3, 0.4) is 0 Å². The van der Waals surface area contributed by atoms with Gasteiger partial charge < -0.3 is 4.40 Å². The Labute approximate surface area is 175 Å². The highest BCUT2D eigenvalue weighted by atomic mass is 14.9. The molecular weight excluding hydrogens is 364 g/mol. The van der Waals surface area contributed by atoms with Crippen molar-refractivity contribution < 1.29 is 0 Å². The van der Waals surface area contributed by atoms with E-state index in [1.54, 1.807) is 0 Å². The molecule has 0 aliphatic rings. The molecule has 0 spiro atoms. The molecule has 3 heterocycles. The van der Waals surface area contributed by atoms with E-state index < -0.39 is 0 Å². The highest BCUT2D eigenvalue weighted by Crippen LogP contribution is 2.37. The van der Waals surface area contributed by atoms with Crippen LogP contribution in [0.15, 0.2) is 79.0 Å². The van der Waals surface area contributed by atoms with Crippen LogP contribution in [-0.2, 0) is 6.42 Å². The third-order valence-electron chi connectivity index (χ3n) is 6.09. The summed E-state index contributed by atoms with van der Waals surface area (Å²) in [6.07, 6.45) is 3.00. The Kier molecular flexibility index (Phi) is 3.53. The average molecular weight is 389 g/mol. The van der Waals surface area contributed by atoms with Crippen molar-refractivity contribution in [1.29, 1.82) is 0 Å². The van der Waals surface area contributed by atoms with Gasteiger partial charge in [-0.2, -0.15) is 0 Å². The van der Waals surface area contributed by atoms with E-state index in [4.69, 9.17) is 4.98 Å². The summed E-state index contributed by atoms with van der Waals surface area (Å²) in [5.41, 5.74) is 6.40. The number of hydrogen-bond donors (Lipinski definition) is 0. The zero-order valence-corrected chi connectivity index (χ0v) is 17.6. The summed E-state index contributed by atoms with van der Waals surface area (Å²) in [6, 6.07) is 26.5. The van der Waals surface area contributed by atoms with Gasteiger partial charge in [0.25, 0.3) is 0 Å². The summed E-state index contributed by atoms with van der Waals surface area (Å²) >= 11 is 0. The molecule has 3 aromatic heterocycles. The fourth-order valence-corrected chi connectivity index (χ4v) is 4.91. The fourth-order valence-electron chi connectivity index (χ4n) is 4.91. The molecule has 0 aliphatic heterocycles. The van der Waals surface area contributed by atoms with E-state index in [2.05, 4.69) is 98.0 Å². The molecule has 2 heteroatoms. The second-order valence-electron chi connectivity index (χ2n) is 9.57. The molecule has 0 saturated heterocycles. The van der Waals surface area contributed by atoms with Crippen molar-refractivity contribution in [2.75, 3.05) is 0 Å². The highest BCUT2D eigenvalue weighted by molar-refractivity contribution is 6.17. The number of aromatic nitrogens is 2. The molecule has 0 radical (unpaired) electrons. The van der Waals surface area contributed by atoms with Crippen molar-refractivity contribution in [3.63, 3.8) is 0 Å². The summed E-state index contributed by atoms with van der Waals surface area (Å²) < 4.78 is 2.44. The topological polar surface area (TPSA) is 17.3 Å². The Morgan fingerprint density at radius 3 is 2.17 bits per heavy atom. The van der Waals surface area contributed by atoms with Crippen molar-refractivity contribution in [3.8, 4) is 0 Å². The van der Waals surface area contributed by atoms with Crippen LogP contribution in [0, 0.1) is 5.41 Å². The van der Waals surface area contributed by atoms with Crippen molar-refractivity contribution in [3.05, 3.63) is 84.6 Å². The van der Waals surface area contributed by atoms with E-state index in [0.29, 0.717) is 0 Å². The maximum absolute atomic E-state index is 4.91. The minimum absolute atomic E-state index is 0.204. The Bertz CT molecular complexity index is 1600. The number of fused-ring (bicyclic) bond motifs is 9. The van der Waals surface area contributed by atoms with Crippen molar-refractivity contribution in [2.24, 2.45) is 5.41 Å². The van der Waals surface area contributed by atoms with E-state index >= 15 is 0 Å². The quantitative estimate of drug-likeness (QED) is 0.210. The molecule has 0 N–H and O–H groups in total. The van der Waals surface area contributed by atoms with Crippen molar-refractivity contribution in [2.45, 2.75) is 27.2 Å². The first kappa shape index (κ1) is 17.5. The average Bonchev–Trinajstić information content (AvgIpc) is 3.11. The van der Waals surface area contributed by atoms with Gasteiger partial charge in [-0.15, -0.1) is 0 Å². The Morgan fingerprint density at radius 2 is 1.40 bits per heavy atom. The van der Waals surface area contributed by atoms with E-state index in [9.17, 15) is 0 Å². The summed E-state index contributed by atoms with van der Waals surface area (Å²) in [6.45, 7) is 6.92. The number of benzene rings is 3. The highest BCUT2D eigenvalue weighted by Gasteiger charge is 2.19. The number of pyridine rings is 2. The molecule has 6 aromatic rings. The second-order valence-corrected chi connectivity index (χ2v) is 9.57. The summed E-state index contributed by atoms with van der Waals surface area (Å²) in [5, 5.41) is 6.28. The molecular formula is C28H24N2. The fraction of sp³-hybridized carbons (Fsp3) is 0.179. The lowest BCUT2D eigenvalue weighted by molar-refractivity contribution is 0.412. The lowest BCUT2D eigenvalue weighted by atomic mass is 9.86. The van der Waals surface area contributed by atoms with Crippen LogP contribution in [0.4, 0.5) is 0 Å². The summed E-state index contributed by atoms with van der Waals surface area (Å²) in [4.78, 5) is 4.91. The number of para-hydroxylation sites is 1. The first-order chi connectivity index (χ1) is 14.5. The first-order valence-electron chi connectivity index (χ1n) is 10.6. The lowest BCUT2D eigenvalue weighted by Crippen LogP contribution is -2.10. The first-order valence-corrected chi connectivity index (χ1v) is 10.6. The van der Waals surface area contributed by atoms with Crippen LogP contribution in [-0.4, -0.2) is 9.38 Å².